The van der Waals surface area contributed by atoms with E-state index in [1.165, 1.54) is 39.0 Å². The Bertz CT molecular complexity index is 837. The molecule has 0 heteroatoms. The number of fused-ring (bicyclic) bond motifs is 1. The van der Waals surface area contributed by atoms with Gasteiger partial charge in [-0.3, -0.25) is 0 Å². The van der Waals surface area contributed by atoms with Gasteiger partial charge in [-0.1, -0.05) is 84.4 Å². The van der Waals surface area contributed by atoms with Gasteiger partial charge in [-0.2, -0.15) is 0 Å². The van der Waals surface area contributed by atoms with Crippen molar-refractivity contribution in [3.05, 3.63) is 89.5 Å². The van der Waals surface area contributed by atoms with E-state index in [1.807, 2.05) is 0 Å². The minimum absolute atomic E-state index is 1.08. The fourth-order valence-corrected chi connectivity index (χ4v) is 3.28. The molecule has 106 valence electrons. The highest BCUT2D eigenvalue weighted by atomic mass is 14.2. The standard InChI is InChI=1S/C22H18/c1-16-14-20-8-5-9-21(22(20)15-16)19-12-10-18(11-13-19)17-6-3-2-4-7-17/h2-14H,15H2,1H3. The van der Waals surface area contributed by atoms with Gasteiger partial charge in [0.05, 0.1) is 0 Å². The van der Waals surface area contributed by atoms with Crippen molar-refractivity contribution in [1.82, 2.24) is 0 Å². The third-order valence-corrected chi connectivity index (χ3v) is 4.37. The second-order valence-electron chi connectivity index (χ2n) is 5.98. The Labute approximate surface area is 131 Å². The molecule has 1 aliphatic carbocycles. The smallest absolute Gasteiger partial charge is 0.00544 e. The van der Waals surface area contributed by atoms with Crippen molar-refractivity contribution in [3.8, 4) is 22.3 Å². The molecule has 0 heterocycles. The first kappa shape index (κ1) is 13.1. The molecule has 3 aromatic rings. The van der Waals surface area contributed by atoms with Gasteiger partial charge in [-0.25, -0.2) is 0 Å². The molecule has 0 atom stereocenters. The van der Waals surface area contributed by atoms with E-state index in [4.69, 9.17) is 0 Å². The third-order valence-electron chi connectivity index (χ3n) is 4.37. The molecule has 0 nitrogen and oxygen atoms in total. The summed E-state index contributed by atoms with van der Waals surface area (Å²) in [6.45, 7) is 2.21. The summed E-state index contributed by atoms with van der Waals surface area (Å²) in [5.41, 5.74) is 9.50. The molecule has 0 amide bonds. The molecule has 0 fully saturated rings. The SMILES string of the molecule is CC1=Cc2cccc(-c3ccc(-c4ccccc4)cc3)c2C1. The average Bonchev–Trinajstić information content (AvgIpc) is 2.96. The molecule has 0 aromatic heterocycles. The average molecular weight is 282 g/mol. The lowest BCUT2D eigenvalue weighted by Crippen LogP contribution is -1.89. The minimum atomic E-state index is 1.08. The molecule has 4 rings (SSSR count). The number of allylic oxidation sites excluding steroid dienone is 1. The van der Waals surface area contributed by atoms with Crippen molar-refractivity contribution in [2.75, 3.05) is 0 Å². The maximum atomic E-state index is 2.30. The number of hydrogen-bond donors (Lipinski definition) is 0. The molecule has 3 aromatic carbocycles. The van der Waals surface area contributed by atoms with Crippen molar-refractivity contribution >= 4 is 6.08 Å². The summed E-state index contributed by atoms with van der Waals surface area (Å²) < 4.78 is 0. The summed E-state index contributed by atoms with van der Waals surface area (Å²) in [6, 6.07) is 26.1. The minimum Gasteiger partial charge on any atom is -0.0683 e. The van der Waals surface area contributed by atoms with E-state index in [0.29, 0.717) is 0 Å². The van der Waals surface area contributed by atoms with Crippen LogP contribution in [0.25, 0.3) is 28.3 Å². The van der Waals surface area contributed by atoms with Crippen LogP contribution >= 0.6 is 0 Å². The molecular formula is C22H18. The number of rotatable bonds is 2. The number of hydrogen-bond acceptors (Lipinski definition) is 0. The molecular weight excluding hydrogens is 264 g/mol. The van der Waals surface area contributed by atoms with Crippen molar-refractivity contribution in [3.63, 3.8) is 0 Å². The van der Waals surface area contributed by atoms with Gasteiger partial charge in [0.25, 0.3) is 0 Å². The Morgan fingerprint density at radius 3 is 2.09 bits per heavy atom. The molecule has 0 radical (unpaired) electrons. The van der Waals surface area contributed by atoms with E-state index in [1.54, 1.807) is 0 Å². The molecule has 0 N–H and O–H groups in total. The predicted molar refractivity (Wildman–Crippen MR) is 94.7 cm³/mol. The lowest BCUT2D eigenvalue weighted by atomic mass is 9.94. The zero-order chi connectivity index (χ0) is 14.9. The Hall–Kier alpha value is -2.60. The van der Waals surface area contributed by atoms with Crippen molar-refractivity contribution in [2.24, 2.45) is 0 Å². The van der Waals surface area contributed by atoms with Crippen LogP contribution in [0.3, 0.4) is 0 Å². The van der Waals surface area contributed by atoms with Gasteiger partial charge in [0.2, 0.25) is 0 Å². The van der Waals surface area contributed by atoms with Crippen LogP contribution in [0.5, 0.6) is 0 Å². The molecule has 0 bridgehead atoms. The Balaban J connectivity index is 1.73. The summed E-state index contributed by atoms with van der Waals surface area (Å²) in [6.07, 6.45) is 3.38. The Morgan fingerprint density at radius 2 is 1.32 bits per heavy atom. The fourth-order valence-electron chi connectivity index (χ4n) is 3.28. The molecule has 0 saturated carbocycles. The first-order valence-corrected chi connectivity index (χ1v) is 7.76. The van der Waals surface area contributed by atoms with Crippen LogP contribution in [0.2, 0.25) is 0 Å². The van der Waals surface area contributed by atoms with Gasteiger partial charge in [-0.15, -0.1) is 0 Å². The van der Waals surface area contributed by atoms with Crippen molar-refractivity contribution in [1.29, 1.82) is 0 Å². The van der Waals surface area contributed by atoms with Crippen LogP contribution in [-0.2, 0) is 6.42 Å². The molecule has 0 aliphatic heterocycles. The second kappa shape index (κ2) is 5.31. The highest BCUT2D eigenvalue weighted by Gasteiger charge is 2.14. The zero-order valence-corrected chi connectivity index (χ0v) is 12.7. The van der Waals surface area contributed by atoms with Gasteiger partial charge >= 0.3 is 0 Å². The highest BCUT2D eigenvalue weighted by Crippen LogP contribution is 2.34. The topological polar surface area (TPSA) is 0 Å². The van der Waals surface area contributed by atoms with E-state index >= 15 is 0 Å². The van der Waals surface area contributed by atoms with Crippen LogP contribution < -0.4 is 0 Å². The first-order valence-electron chi connectivity index (χ1n) is 7.76. The molecule has 0 spiro atoms. The molecule has 1 aliphatic rings. The number of benzene rings is 3. The highest BCUT2D eigenvalue weighted by molar-refractivity contribution is 5.78. The van der Waals surface area contributed by atoms with Crippen LogP contribution in [0.4, 0.5) is 0 Å². The first-order chi connectivity index (χ1) is 10.8. The molecule has 0 saturated heterocycles. The van der Waals surface area contributed by atoms with Crippen LogP contribution in [0.15, 0.2) is 78.4 Å². The summed E-state index contributed by atoms with van der Waals surface area (Å²) in [4.78, 5) is 0. The van der Waals surface area contributed by atoms with Gasteiger partial charge < -0.3 is 0 Å². The third kappa shape index (κ3) is 2.27. The fraction of sp³-hybridized carbons (Fsp3) is 0.0909. The lowest BCUT2D eigenvalue weighted by Gasteiger charge is -2.10. The Kier molecular flexibility index (Phi) is 3.16. The normalized spacial score (nSPS) is 12.9. The summed E-state index contributed by atoms with van der Waals surface area (Å²) in [7, 11) is 0. The molecule has 22 heavy (non-hydrogen) atoms. The maximum absolute atomic E-state index is 2.30. The van der Waals surface area contributed by atoms with E-state index < -0.39 is 0 Å². The van der Waals surface area contributed by atoms with E-state index in [-0.39, 0.29) is 0 Å². The maximum Gasteiger partial charge on any atom is -0.00544 e. The summed E-state index contributed by atoms with van der Waals surface area (Å²) in [5.74, 6) is 0. The van der Waals surface area contributed by atoms with Gasteiger partial charge in [0.1, 0.15) is 0 Å². The summed E-state index contributed by atoms with van der Waals surface area (Å²) in [5, 5.41) is 0. The van der Waals surface area contributed by atoms with Crippen LogP contribution in [-0.4, -0.2) is 0 Å². The van der Waals surface area contributed by atoms with Crippen molar-refractivity contribution < 1.29 is 0 Å². The molecule has 0 unspecified atom stereocenters. The lowest BCUT2D eigenvalue weighted by molar-refractivity contribution is 1.20. The largest absolute Gasteiger partial charge is 0.0683 e. The quantitative estimate of drug-likeness (QED) is 0.542. The monoisotopic (exact) mass is 282 g/mol. The van der Waals surface area contributed by atoms with E-state index in [0.717, 1.165) is 6.42 Å². The van der Waals surface area contributed by atoms with Gasteiger partial charge in [-0.05, 0) is 46.7 Å². The second-order valence-corrected chi connectivity index (χ2v) is 5.98. The van der Waals surface area contributed by atoms with Crippen LogP contribution in [0, 0.1) is 0 Å². The van der Waals surface area contributed by atoms with Gasteiger partial charge in [0, 0.05) is 0 Å². The van der Waals surface area contributed by atoms with Crippen molar-refractivity contribution in [2.45, 2.75) is 13.3 Å². The predicted octanol–water partition coefficient (Wildman–Crippen LogP) is 5.98. The Morgan fingerprint density at radius 1 is 0.636 bits per heavy atom. The van der Waals surface area contributed by atoms with Crippen LogP contribution in [0.1, 0.15) is 18.1 Å². The van der Waals surface area contributed by atoms with E-state index in [2.05, 4.69) is 85.8 Å². The van der Waals surface area contributed by atoms with E-state index in [9.17, 15) is 0 Å². The van der Waals surface area contributed by atoms with Gasteiger partial charge in [0.15, 0.2) is 0 Å². The zero-order valence-electron chi connectivity index (χ0n) is 12.7. The summed E-state index contributed by atoms with van der Waals surface area (Å²) >= 11 is 0.